The number of aliphatic imine (C=N–C) groups is 1. The molecule has 116 valence electrons. The normalized spacial score (nSPS) is 11.4. The molecule has 0 saturated heterocycles. The molecule has 3 rings (SSSR count). The second kappa shape index (κ2) is 7.26. The molecule has 1 heterocycles. The number of hydrogen-bond acceptors (Lipinski definition) is 3. The summed E-state index contributed by atoms with van der Waals surface area (Å²) in [4.78, 5) is 8.84. The van der Waals surface area contributed by atoms with Crippen molar-refractivity contribution in [2.24, 2.45) is 10.7 Å². The summed E-state index contributed by atoms with van der Waals surface area (Å²) in [6.07, 6.45) is 0. The van der Waals surface area contributed by atoms with Crippen LogP contribution in [0.2, 0.25) is 0 Å². The summed E-state index contributed by atoms with van der Waals surface area (Å²) in [5.41, 5.74) is 7.76. The molecule has 0 aliphatic rings. The van der Waals surface area contributed by atoms with Gasteiger partial charge < -0.3 is 16.4 Å². The quantitative estimate of drug-likeness (QED) is 0.385. The predicted octanol–water partition coefficient (Wildman–Crippen LogP) is 3.07. The number of pyridine rings is 1. The van der Waals surface area contributed by atoms with Crippen LogP contribution in [0.3, 0.4) is 0 Å². The number of nitrogens with zero attached hydrogens (tertiary/aromatic N) is 2. The van der Waals surface area contributed by atoms with Crippen molar-refractivity contribution in [3.8, 4) is 0 Å². The maximum absolute atomic E-state index is 5.86. The molecule has 0 radical (unpaired) electrons. The van der Waals surface area contributed by atoms with Crippen LogP contribution in [0.15, 0.2) is 71.7 Å². The number of aromatic nitrogens is 1. The lowest BCUT2D eigenvalue weighted by Crippen LogP contribution is -2.23. The first-order chi connectivity index (χ1) is 11.3. The Morgan fingerprint density at radius 2 is 1.74 bits per heavy atom. The lowest BCUT2D eigenvalue weighted by Gasteiger charge is -2.07. The van der Waals surface area contributed by atoms with Crippen LogP contribution in [0.25, 0.3) is 10.9 Å². The first kappa shape index (κ1) is 14.8. The van der Waals surface area contributed by atoms with E-state index in [9.17, 15) is 0 Å². The van der Waals surface area contributed by atoms with Crippen molar-refractivity contribution in [1.82, 2.24) is 4.98 Å². The van der Waals surface area contributed by atoms with Gasteiger partial charge in [-0.05, 0) is 30.3 Å². The summed E-state index contributed by atoms with van der Waals surface area (Å²) in [6.45, 7) is 1.24. The van der Waals surface area contributed by atoms with Gasteiger partial charge in [-0.1, -0.05) is 36.4 Å². The highest BCUT2D eigenvalue weighted by atomic mass is 15.1. The van der Waals surface area contributed by atoms with Gasteiger partial charge in [0.15, 0.2) is 5.96 Å². The molecule has 4 N–H and O–H groups in total. The minimum Gasteiger partial charge on any atom is -0.370 e. The molecule has 5 heteroatoms. The van der Waals surface area contributed by atoms with Crippen molar-refractivity contribution in [3.05, 3.63) is 66.7 Å². The molecule has 0 atom stereocenters. The average molecular weight is 305 g/mol. The fraction of sp³-hybridized carbons (Fsp3) is 0.111. The second-order valence-corrected chi connectivity index (χ2v) is 5.07. The van der Waals surface area contributed by atoms with E-state index < -0.39 is 0 Å². The second-order valence-electron chi connectivity index (χ2n) is 5.07. The molecule has 2 aromatic carbocycles. The molecule has 0 unspecified atom stereocenters. The SMILES string of the molecule is NC(=NCCNc1ccc2ccccc2n1)Nc1ccccc1. The molecular formula is C18H19N5. The molecule has 23 heavy (non-hydrogen) atoms. The first-order valence-electron chi connectivity index (χ1n) is 7.53. The molecule has 0 spiro atoms. The smallest absolute Gasteiger partial charge is 0.193 e. The average Bonchev–Trinajstić information content (AvgIpc) is 2.59. The van der Waals surface area contributed by atoms with Crippen molar-refractivity contribution in [2.45, 2.75) is 0 Å². The van der Waals surface area contributed by atoms with Gasteiger partial charge in [0, 0.05) is 17.6 Å². The van der Waals surface area contributed by atoms with Gasteiger partial charge in [0.2, 0.25) is 0 Å². The number of nitrogens with one attached hydrogen (secondary N) is 2. The Hall–Kier alpha value is -3.08. The maximum atomic E-state index is 5.86. The lowest BCUT2D eigenvalue weighted by atomic mass is 10.2. The van der Waals surface area contributed by atoms with E-state index in [0.29, 0.717) is 19.0 Å². The van der Waals surface area contributed by atoms with E-state index in [1.807, 2.05) is 60.7 Å². The van der Waals surface area contributed by atoms with Gasteiger partial charge in [0.25, 0.3) is 0 Å². The van der Waals surface area contributed by atoms with Crippen LogP contribution in [0.5, 0.6) is 0 Å². The van der Waals surface area contributed by atoms with Gasteiger partial charge in [0.1, 0.15) is 5.82 Å². The van der Waals surface area contributed by atoms with E-state index in [2.05, 4.69) is 26.7 Å². The highest BCUT2D eigenvalue weighted by molar-refractivity contribution is 5.92. The van der Waals surface area contributed by atoms with Crippen molar-refractivity contribution in [3.63, 3.8) is 0 Å². The molecule has 0 fully saturated rings. The summed E-state index contributed by atoms with van der Waals surface area (Å²) in [5.74, 6) is 1.25. The monoisotopic (exact) mass is 305 g/mol. The van der Waals surface area contributed by atoms with Crippen molar-refractivity contribution >= 4 is 28.4 Å². The maximum Gasteiger partial charge on any atom is 0.193 e. The number of hydrogen-bond donors (Lipinski definition) is 3. The minimum atomic E-state index is 0.407. The van der Waals surface area contributed by atoms with E-state index in [4.69, 9.17) is 5.73 Å². The Morgan fingerprint density at radius 3 is 2.61 bits per heavy atom. The standard InChI is InChI=1S/C18H19N5/c19-18(22-15-7-2-1-3-8-15)21-13-12-20-17-11-10-14-6-4-5-9-16(14)23-17/h1-11H,12-13H2,(H,20,23)(H3,19,21,22). The number of rotatable bonds is 5. The summed E-state index contributed by atoms with van der Waals surface area (Å²) in [7, 11) is 0. The Labute approximate surface area is 135 Å². The molecule has 5 nitrogen and oxygen atoms in total. The summed E-state index contributed by atoms with van der Waals surface area (Å²) < 4.78 is 0. The highest BCUT2D eigenvalue weighted by Gasteiger charge is 1.97. The van der Waals surface area contributed by atoms with Crippen LogP contribution in [0.4, 0.5) is 11.5 Å². The minimum absolute atomic E-state index is 0.407. The van der Waals surface area contributed by atoms with E-state index in [0.717, 1.165) is 22.4 Å². The number of anilines is 2. The lowest BCUT2D eigenvalue weighted by molar-refractivity contribution is 1.01. The molecule has 0 aliphatic carbocycles. The number of guanidine groups is 1. The molecule has 3 aromatic rings. The number of fused-ring (bicyclic) bond motifs is 1. The van der Waals surface area contributed by atoms with Gasteiger partial charge in [-0.2, -0.15) is 0 Å². The van der Waals surface area contributed by atoms with Crippen LogP contribution < -0.4 is 16.4 Å². The van der Waals surface area contributed by atoms with Gasteiger partial charge in [-0.15, -0.1) is 0 Å². The van der Waals surface area contributed by atoms with Crippen LogP contribution >= 0.6 is 0 Å². The Bertz CT molecular complexity index is 799. The molecule has 0 saturated carbocycles. The molecule has 0 aliphatic heterocycles. The number of benzene rings is 2. The van der Waals surface area contributed by atoms with Crippen molar-refractivity contribution < 1.29 is 0 Å². The summed E-state index contributed by atoms with van der Waals surface area (Å²) in [5, 5.41) is 7.44. The Morgan fingerprint density at radius 1 is 0.957 bits per heavy atom. The Kier molecular flexibility index (Phi) is 4.69. The van der Waals surface area contributed by atoms with Crippen LogP contribution in [0.1, 0.15) is 0 Å². The van der Waals surface area contributed by atoms with Gasteiger partial charge in [0.05, 0.1) is 12.1 Å². The largest absolute Gasteiger partial charge is 0.370 e. The van der Waals surface area contributed by atoms with Crippen molar-refractivity contribution in [1.29, 1.82) is 0 Å². The third kappa shape index (κ3) is 4.20. The van der Waals surface area contributed by atoms with Crippen LogP contribution in [-0.4, -0.2) is 24.0 Å². The van der Waals surface area contributed by atoms with Crippen LogP contribution in [-0.2, 0) is 0 Å². The topological polar surface area (TPSA) is 75.3 Å². The van der Waals surface area contributed by atoms with E-state index in [1.165, 1.54) is 0 Å². The zero-order chi connectivity index (χ0) is 15.9. The fourth-order valence-corrected chi connectivity index (χ4v) is 2.23. The van der Waals surface area contributed by atoms with Crippen molar-refractivity contribution in [2.75, 3.05) is 23.7 Å². The molecule has 0 bridgehead atoms. The zero-order valence-corrected chi connectivity index (χ0v) is 12.7. The third-order valence-corrected chi connectivity index (χ3v) is 3.34. The van der Waals surface area contributed by atoms with Gasteiger partial charge in [-0.3, -0.25) is 4.99 Å². The third-order valence-electron chi connectivity index (χ3n) is 3.34. The van der Waals surface area contributed by atoms with Gasteiger partial charge >= 0.3 is 0 Å². The molecule has 1 aromatic heterocycles. The first-order valence-corrected chi connectivity index (χ1v) is 7.53. The van der Waals surface area contributed by atoms with Crippen LogP contribution in [0, 0.1) is 0 Å². The van der Waals surface area contributed by atoms with Gasteiger partial charge in [-0.25, -0.2) is 4.98 Å². The molecular weight excluding hydrogens is 286 g/mol. The zero-order valence-electron chi connectivity index (χ0n) is 12.7. The number of nitrogens with two attached hydrogens (primary N) is 1. The Balaban J connectivity index is 1.51. The van der Waals surface area contributed by atoms with E-state index in [1.54, 1.807) is 0 Å². The highest BCUT2D eigenvalue weighted by Crippen LogP contribution is 2.14. The summed E-state index contributed by atoms with van der Waals surface area (Å²) in [6, 6.07) is 21.8. The predicted molar refractivity (Wildman–Crippen MR) is 96.8 cm³/mol. The number of para-hydroxylation sites is 2. The fourth-order valence-electron chi connectivity index (χ4n) is 2.23. The molecule has 0 amide bonds. The van der Waals surface area contributed by atoms with E-state index >= 15 is 0 Å². The summed E-state index contributed by atoms with van der Waals surface area (Å²) >= 11 is 0. The van der Waals surface area contributed by atoms with E-state index in [-0.39, 0.29) is 0 Å².